The number of carbonyl (C=O) groups is 1. The normalized spacial score (nSPS) is 12.0. The van der Waals surface area contributed by atoms with Crippen molar-refractivity contribution in [3.8, 4) is 0 Å². The smallest absolute Gasteiger partial charge is 0.166 e. The van der Waals surface area contributed by atoms with E-state index in [-0.39, 0.29) is 11.2 Å². The lowest BCUT2D eigenvalue weighted by molar-refractivity contribution is 0.0989. The molecular formula is C15H18O2. The molecule has 0 aliphatic rings. The standard InChI is InChI=1S/C15H18O2/c1-5-13(16)12-9-17-14-7-6-10(8-11(12)14)15(2,3)4/h6-9H,5H2,1-4H3. The summed E-state index contributed by atoms with van der Waals surface area (Å²) in [5.74, 6) is 0.134. The molecule has 17 heavy (non-hydrogen) atoms. The monoisotopic (exact) mass is 230 g/mol. The van der Waals surface area contributed by atoms with Gasteiger partial charge in [-0.15, -0.1) is 0 Å². The first-order valence-corrected chi connectivity index (χ1v) is 5.98. The zero-order valence-electron chi connectivity index (χ0n) is 10.8. The van der Waals surface area contributed by atoms with Gasteiger partial charge in [-0.25, -0.2) is 0 Å². The third-order valence-electron chi connectivity index (χ3n) is 3.06. The molecule has 2 aromatic rings. The van der Waals surface area contributed by atoms with Gasteiger partial charge in [-0.1, -0.05) is 33.8 Å². The molecule has 0 radical (unpaired) electrons. The number of hydrogen-bond donors (Lipinski definition) is 0. The van der Waals surface area contributed by atoms with E-state index in [2.05, 4.69) is 32.9 Å². The molecule has 0 aliphatic carbocycles. The van der Waals surface area contributed by atoms with Gasteiger partial charge in [-0.3, -0.25) is 4.79 Å². The van der Waals surface area contributed by atoms with Crippen LogP contribution < -0.4 is 0 Å². The first-order valence-electron chi connectivity index (χ1n) is 5.98. The van der Waals surface area contributed by atoms with E-state index in [1.807, 2.05) is 13.0 Å². The average Bonchev–Trinajstić information content (AvgIpc) is 2.69. The van der Waals surface area contributed by atoms with Gasteiger partial charge in [-0.2, -0.15) is 0 Å². The third-order valence-corrected chi connectivity index (χ3v) is 3.06. The van der Waals surface area contributed by atoms with Gasteiger partial charge >= 0.3 is 0 Å². The summed E-state index contributed by atoms with van der Waals surface area (Å²) in [6.45, 7) is 8.36. The minimum atomic E-state index is 0.0813. The summed E-state index contributed by atoms with van der Waals surface area (Å²) in [6, 6.07) is 6.08. The molecule has 0 N–H and O–H groups in total. The van der Waals surface area contributed by atoms with Gasteiger partial charge in [0.15, 0.2) is 5.78 Å². The maximum Gasteiger partial charge on any atom is 0.166 e. The first-order chi connectivity index (χ1) is 7.93. The maximum atomic E-state index is 11.8. The van der Waals surface area contributed by atoms with Crippen molar-refractivity contribution in [1.82, 2.24) is 0 Å². The summed E-state index contributed by atoms with van der Waals surface area (Å²) in [6.07, 6.45) is 2.08. The van der Waals surface area contributed by atoms with Crippen molar-refractivity contribution in [2.24, 2.45) is 0 Å². The Morgan fingerprint density at radius 1 is 1.29 bits per heavy atom. The van der Waals surface area contributed by atoms with Gasteiger partial charge in [0.25, 0.3) is 0 Å². The Hall–Kier alpha value is -1.57. The summed E-state index contributed by atoms with van der Waals surface area (Å²) in [5.41, 5.74) is 2.79. The van der Waals surface area contributed by atoms with Crippen molar-refractivity contribution in [2.75, 3.05) is 0 Å². The molecule has 2 heteroatoms. The van der Waals surface area contributed by atoms with Crippen LogP contribution in [0.1, 0.15) is 50.0 Å². The van der Waals surface area contributed by atoms with E-state index in [0.29, 0.717) is 12.0 Å². The highest BCUT2D eigenvalue weighted by atomic mass is 16.3. The average molecular weight is 230 g/mol. The number of Topliss-reactive ketones (excluding diaryl/α,β-unsaturated/α-hetero) is 1. The first kappa shape index (κ1) is 11.9. The Morgan fingerprint density at radius 2 is 2.00 bits per heavy atom. The van der Waals surface area contributed by atoms with Crippen LogP contribution >= 0.6 is 0 Å². The summed E-state index contributed by atoms with van der Waals surface area (Å²) in [7, 11) is 0. The topological polar surface area (TPSA) is 30.2 Å². The lowest BCUT2D eigenvalue weighted by Crippen LogP contribution is -2.10. The van der Waals surface area contributed by atoms with Crippen molar-refractivity contribution < 1.29 is 9.21 Å². The van der Waals surface area contributed by atoms with Gasteiger partial charge in [0.2, 0.25) is 0 Å². The summed E-state index contributed by atoms with van der Waals surface area (Å²) in [4.78, 5) is 11.8. The third kappa shape index (κ3) is 2.12. The number of rotatable bonds is 2. The lowest BCUT2D eigenvalue weighted by Gasteiger charge is -2.18. The number of fused-ring (bicyclic) bond motifs is 1. The molecule has 90 valence electrons. The molecular weight excluding hydrogens is 212 g/mol. The molecule has 0 amide bonds. The molecule has 0 fully saturated rings. The molecule has 1 aromatic carbocycles. The Balaban J connectivity index is 2.62. The second-order valence-corrected chi connectivity index (χ2v) is 5.39. The Morgan fingerprint density at radius 3 is 2.59 bits per heavy atom. The van der Waals surface area contributed by atoms with Crippen molar-refractivity contribution in [3.63, 3.8) is 0 Å². The zero-order valence-corrected chi connectivity index (χ0v) is 10.8. The van der Waals surface area contributed by atoms with E-state index in [9.17, 15) is 4.79 Å². The summed E-state index contributed by atoms with van der Waals surface area (Å²) >= 11 is 0. The number of benzene rings is 1. The SMILES string of the molecule is CCC(=O)c1coc2ccc(C(C)(C)C)cc12. The summed E-state index contributed by atoms with van der Waals surface area (Å²) in [5, 5.41) is 0.935. The van der Waals surface area contributed by atoms with Crippen molar-refractivity contribution in [1.29, 1.82) is 0 Å². The van der Waals surface area contributed by atoms with Crippen molar-refractivity contribution >= 4 is 16.8 Å². The molecule has 1 heterocycles. The van der Waals surface area contributed by atoms with Gasteiger partial charge in [0, 0.05) is 11.8 Å². The molecule has 1 aromatic heterocycles. The Bertz CT molecular complexity index is 556. The molecule has 0 saturated heterocycles. The minimum absolute atomic E-state index is 0.0813. The zero-order chi connectivity index (χ0) is 12.6. The van der Waals surface area contributed by atoms with Crippen LogP contribution in [0, 0.1) is 0 Å². The van der Waals surface area contributed by atoms with Gasteiger partial charge < -0.3 is 4.42 Å². The van der Waals surface area contributed by atoms with Gasteiger partial charge in [-0.05, 0) is 23.1 Å². The van der Waals surface area contributed by atoms with Crippen LogP contribution in [0.2, 0.25) is 0 Å². The van der Waals surface area contributed by atoms with E-state index in [1.54, 1.807) is 6.26 Å². The second-order valence-electron chi connectivity index (χ2n) is 5.39. The fourth-order valence-corrected chi connectivity index (χ4v) is 1.90. The van der Waals surface area contributed by atoms with Crippen molar-refractivity contribution in [3.05, 3.63) is 35.6 Å². The number of carbonyl (C=O) groups excluding carboxylic acids is 1. The minimum Gasteiger partial charge on any atom is -0.464 e. The molecule has 0 bridgehead atoms. The number of furan rings is 1. The lowest BCUT2D eigenvalue weighted by atomic mass is 9.86. The highest BCUT2D eigenvalue weighted by molar-refractivity contribution is 6.07. The fourth-order valence-electron chi connectivity index (χ4n) is 1.90. The summed E-state index contributed by atoms with van der Waals surface area (Å²) < 4.78 is 5.42. The predicted octanol–water partition coefficient (Wildman–Crippen LogP) is 4.32. The highest BCUT2D eigenvalue weighted by Gasteiger charge is 2.17. The van der Waals surface area contributed by atoms with Crippen LogP contribution in [0.15, 0.2) is 28.9 Å². The quantitative estimate of drug-likeness (QED) is 0.719. The molecule has 2 rings (SSSR count). The number of hydrogen-bond acceptors (Lipinski definition) is 2. The van der Waals surface area contributed by atoms with E-state index in [1.165, 1.54) is 5.56 Å². The number of ketones is 1. The van der Waals surface area contributed by atoms with E-state index in [0.717, 1.165) is 11.0 Å². The molecule has 0 aliphatic heterocycles. The van der Waals surface area contributed by atoms with Crippen molar-refractivity contribution in [2.45, 2.75) is 39.5 Å². The highest BCUT2D eigenvalue weighted by Crippen LogP contribution is 2.29. The van der Waals surface area contributed by atoms with Crippen LogP contribution in [0.4, 0.5) is 0 Å². The van der Waals surface area contributed by atoms with E-state index >= 15 is 0 Å². The van der Waals surface area contributed by atoms with E-state index < -0.39 is 0 Å². The van der Waals surface area contributed by atoms with Crippen LogP contribution in [0.25, 0.3) is 11.0 Å². The van der Waals surface area contributed by atoms with Crippen LogP contribution in [-0.4, -0.2) is 5.78 Å². The molecule has 2 nitrogen and oxygen atoms in total. The fraction of sp³-hybridized carbons (Fsp3) is 0.400. The Labute approximate surface area is 102 Å². The van der Waals surface area contributed by atoms with Crippen LogP contribution in [-0.2, 0) is 5.41 Å². The van der Waals surface area contributed by atoms with Gasteiger partial charge in [0.05, 0.1) is 5.56 Å². The largest absolute Gasteiger partial charge is 0.464 e. The molecule has 0 unspecified atom stereocenters. The van der Waals surface area contributed by atoms with E-state index in [4.69, 9.17) is 4.42 Å². The predicted molar refractivity (Wildman–Crippen MR) is 69.5 cm³/mol. The molecule has 0 atom stereocenters. The van der Waals surface area contributed by atoms with Gasteiger partial charge in [0.1, 0.15) is 11.8 Å². The van der Waals surface area contributed by atoms with Crippen LogP contribution in [0.5, 0.6) is 0 Å². The maximum absolute atomic E-state index is 11.8. The Kier molecular flexibility index (Phi) is 2.82. The molecule has 0 saturated carbocycles. The second kappa shape index (κ2) is 4.02. The molecule has 0 spiro atoms. The van der Waals surface area contributed by atoms with Crippen LogP contribution in [0.3, 0.4) is 0 Å².